The van der Waals surface area contributed by atoms with Crippen molar-refractivity contribution in [2.45, 2.75) is 12.8 Å². The SMILES string of the molecule is [C-]1=CC=CC1.[C-]1=CC=CC1.[CH3-].[CH3-].[H-].[H-].[Zr+2]. The molecule has 0 fully saturated rings. The van der Waals surface area contributed by atoms with E-state index in [-0.39, 0.29) is 43.9 Å². The monoisotopic (exact) mass is 252 g/mol. The Kier molecular flexibility index (Phi) is 20.6. The minimum absolute atomic E-state index is 0. The van der Waals surface area contributed by atoms with Crippen molar-refractivity contribution in [2.24, 2.45) is 0 Å². The van der Waals surface area contributed by atoms with Gasteiger partial charge in [0, 0.05) is 0 Å². The Morgan fingerprint density at radius 1 is 0.846 bits per heavy atom. The third-order valence-corrected chi connectivity index (χ3v) is 1.17. The Hall–Kier alpha value is -0.157. The van der Waals surface area contributed by atoms with Crippen LogP contribution in [0.25, 0.3) is 0 Å². The Labute approximate surface area is 105 Å². The summed E-state index contributed by atoms with van der Waals surface area (Å²) in [5, 5.41) is 0. The predicted octanol–water partition coefficient (Wildman–Crippen LogP) is 3.73. The first-order chi connectivity index (χ1) is 5.00. The Bertz CT molecular complexity index is 152. The molecule has 74 valence electrons. The van der Waals surface area contributed by atoms with Crippen molar-refractivity contribution >= 4 is 0 Å². The molecule has 0 aromatic heterocycles. The van der Waals surface area contributed by atoms with Crippen LogP contribution in [0.3, 0.4) is 0 Å². The zero-order valence-corrected chi connectivity index (χ0v) is 10.8. The van der Waals surface area contributed by atoms with Gasteiger partial charge >= 0.3 is 26.2 Å². The molecular weight excluding hydrogens is 235 g/mol. The van der Waals surface area contributed by atoms with Crippen LogP contribution in [0.2, 0.25) is 0 Å². The summed E-state index contributed by atoms with van der Waals surface area (Å²) in [6.45, 7) is 0. The van der Waals surface area contributed by atoms with Crippen molar-refractivity contribution < 1.29 is 29.1 Å². The van der Waals surface area contributed by atoms with Gasteiger partial charge < -0.3 is 17.7 Å². The van der Waals surface area contributed by atoms with Gasteiger partial charge in [-0.3, -0.25) is 12.2 Å². The number of hydrogen-bond donors (Lipinski definition) is 0. The second-order valence-corrected chi connectivity index (χ2v) is 2.01. The maximum Gasteiger partial charge on any atom is 2.00 e. The minimum atomic E-state index is 0. The molecule has 0 heterocycles. The van der Waals surface area contributed by atoms with E-state index < -0.39 is 0 Å². The topological polar surface area (TPSA) is 0 Å². The van der Waals surface area contributed by atoms with Crippen LogP contribution >= 0.6 is 0 Å². The molecule has 2 aliphatic carbocycles. The molecule has 13 heavy (non-hydrogen) atoms. The molecule has 0 unspecified atom stereocenters. The molecule has 0 amide bonds. The summed E-state index contributed by atoms with van der Waals surface area (Å²) in [5.74, 6) is 0. The molecular formula is C12H18Zr-4. The molecule has 2 aliphatic rings. The predicted molar refractivity (Wildman–Crippen MR) is 58.2 cm³/mol. The summed E-state index contributed by atoms with van der Waals surface area (Å²) in [6, 6.07) is 0. The maximum absolute atomic E-state index is 2.99. The van der Waals surface area contributed by atoms with Gasteiger partial charge in [-0.1, -0.05) is 0 Å². The molecule has 0 aromatic carbocycles. The van der Waals surface area contributed by atoms with Crippen molar-refractivity contribution in [3.8, 4) is 0 Å². The third-order valence-electron chi connectivity index (χ3n) is 1.17. The first-order valence-electron chi connectivity index (χ1n) is 3.43. The summed E-state index contributed by atoms with van der Waals surface area (Å²) in [4.78, 5) is 0. The fourth-order valence-corrected chi connectivity index (χ4v) is 0.680. The smallest absolute Gasteiger partial charge is 1.00 e. The van der Waals surface area contributed by atoms with Gasteiger partial charge in [0.15, 0.2) is 0 Å². The van der Waals surface area contributed by atoms with E-state index in [1.54, 1.807) is 0 Å². The van der Waals surface area contributed by atoms with E-state index in [2.05, 4.69) is 24.3 Å². The largest absolute Gasteiger partial charge is 2.00 e. The average molecular weight is 254 g/mol. The molecule has 0 radical (unpaired) electrons. The Morgan fingerprint density at radius 3 is 1.31 bits per heavy atom. The number of hydrogen-bond acceptors (Lipinski definition) is 0. The van der Waals surface area contributed by atoms with Gasteiger partial charge in [-0.15, -0.1) is 12.8 Å². The van der Waals surface area contributed by atoms with Gasteiger partial charge in [-0.05, 0) is 0 Å². The van der Waals surface area contributed by atoms with Crippen molar-refractivity contribution in [2.75, 3.05) is 0 Å². The van der Waals surface area contributed by atoms with Crippen molar-refractivity contribution in [1.29, 1.82) is 0 Å². The molecule has 1 heteroatoms. The van der Waals surface area contributed by atoms with Gasteiger partial charge in [-0.2, -0.15) is 12.2 Å². The summed E-state index contributed by atoms with van der Waals surface area (Å²) in [7, 11) is 0. The summed E-state index contributed by atoms with van der Waals surface area (Å²) < 4.78 is 0. The van der Waals surface area contributed by atoms with E-state index in [4.69, 9.17) is 0 Å². The fourth-order valence-electron chi connectivity index (χ4n) is 0.680. The van der Waals surface area contributed by atoms with Crippen LogP contribution < -0.4 is 0 Å². The quantitative estimate of drug-likeness (QED) is 0.577. The summed E-state index contributed by atoms with van der Waals surface area (Å²) in [5.41, 5.74) is 0. The molecule has 0 saturated carbocycles. The van der Waals surface area contributed by atoms with Gasteiger partial charge in [0.2, 0.25) is 0 Å². The van der Waals surface area contributed by atoms with E-state index in [1.165, 1.54) is 0 Å². The molecule has 0 saturated heterocycles. The summed E-state index contributed by atoms with van der Waals surface area (Å²) in [6.07, 6.45) is 20.0. The maximum atomic E-state index is 2.99. The fraction of sp³-hybridized carbons (Fsp3) is 0.167. The van der Waals surface area contributed by atoms with Crippen LogP contribution in [0, 0.1) is 27.0 Å². The Balaban J connectivity index is -0.0000000333. The second-order valence-electron chi connectivity index (χ2n) is 2.01. The Morgan fingerprint density at radius 2 is 1.23 bits per heavy atom. The number of allylic oxidation sites excluding steroid dienone is 8. The molecule has 0 N–H and O–H groups in total. The van der Waals surface area contributed by atoms with Gasteiger partial charge in [0.25, 0.3) is 0 Å². The van der Waals surface area contributed by atoms with Crippen molar-refractivity contribution in [3.63, 3.8) is 0 Å². The van der Waals surface area contributed by atoms with Crippen LogP contribution in [0.4, 0.5) is 0 Å². The molecule has 0 bridgehead atoms. The van der Waals surface area contributed by atoms with Gasteiger partial charge in [0.1, 0.15) is 0 Å². The molecule has 0 aliphatic heterocycles. The van der Waals surface area contributed by atoms with Crippen molar-refractivity contribution in [1.82, 2.24) is 0 Å². The van der Waals surface area contributed by atoms with E-state index in [0.717, 1.165) is 12.8 Å². The van der Waals surface area contributed by atoms with E-state index in [9.17, 15) is 0 Å². The molecule has 0 atom stereocenters. The molecule has 0 nitrogen and oxygen atoms in total. The molecule has 0 spiro atoms. The molecule has 0 aromatic rings. The number of rotatable bonds is 0. The zero-order valence-electron chi connectivity index (χ0n) is 10.4. The zero-order chi connectivity index (χ0) is 7.07. The van der Waals surface area contributed by atoms with Crippen LogP contribution in [0.15, 0.2) is 36.5 Å². The van der Waals surface area contributed by atoms with Crippen LogP contribution in [0.1, 0.15) is 15.7 Å². The van der Waals surface area contributed by atoms with Crippen LogP contribution in [-0.2, 0) is 26.2 Å². The van der Waals surface area contributed by atoms with Crippen molar-refractivity contribution in [3.05, 3.63) is 63.5 Å². The minimum Gasteiger partial charge on any atom is -1.00 e. The van der Waals surface area contributed by atoms with E-state index in [1.807, 2.05) is 24.3 Å². The van der Waals surface area contributed by atoms with Gasteiger partial charge in [-0.25, -0.2) is 24.3 Å². The normalized spacial score (nSPS) is 13.5. The van der Waals surface area contributed by atoms with Crippen LogP contribution in [-0.4, -0.2) is 0 Å². The average Bonchev–Trinajstić information content (AvgIpc) is 2.67. The standard InChI is InChI=1S/2C5H5.2CH3.Zr.2H/c2*1-2-4-5-3-1;;;;;/h2*1-3H,4H2;2*1H3;;;/q4*-1;+2;2*-1. The van der Waals surface area contributed by atoms with Crippen LogP contribution in [0.5, 0.6) is 0 Å². The third kappa shape index (κ3) is 11.8. The first-order valence-corrected chi connectivity index (χ1v) is 3.43. The summed E-state index contributed by atoms with van der Waals surface area (Å²) >= 11 is 0. The molecule has 2 rings (SSSR count). The first kappa shape index (κ1) is 18.6. The van der Waals surface area contributed by atoms with E-state index >= 15 is 0 Å². The van der Waals surface area contributed by atoms with E-state index in [0.29, 0.717) is 0 Å². The van der Waals surface area contributed by atoms with Gasteiger partial charge in [0.05, 0.1) is 0 Å². The second kappa shape index (κ2) is 14.4.